The fourth-order valence-electron chi connectivity index (χ4n) is 9.00. The van der Waals surface area contributed by atoms with Gasteiger partial charge < -0.3 is 5.11 Å². The molecule has 2 heterocycles. The first-order chi connectivity index (χ1) is 35.9. The second-order valence-electron chi connectivity index (χ2n) is 21.1. The van der Waals surface area contributed by atoms with Crippen molar-refractivity contribution >= 4 is 11.0 Å². The molecule has 0 aliphatic heterocycles. The van der Waals surface area contributed by atoms with Gasteiger partial charge in [-0.15, -0.1) is 0 Å². The van der Waals surface area contributed by atoms with Crippen LogP contribution in [-0.2, 0) is 21.7 Å². The number of nitrogens with zero attached hydrogens (tertiary/aromatic N) is 3. The zero-order valence-electron chi connectivity index (χ0n) is 49.5. The topological polar surface area (TPSA) is 50.9 Å². The highest BCUT2D eigenvalue weighted by Crippen LogP contribution is 2.46. The van der Waals surface area contributed by atoms with Crippen LogP contribution in [0.4, 0.5) is 0 Å². The minimum absolute atomic E-state index is 0.0328. The molecule has 0 bridgehead atoms. The largest absolute Gasteiger partial charge is 0.507 e. The molecule has 0 atom stereocenters. The molecule has 0 amide bonds. The van der Waals surface area contributed by atoms with Crippen molar-refractivity contribution in [2.24, 2.45) is 0 Å². The quantitative estimate of drug-likeness (QED) is 0.173. The van der Waals surface area contributed by atoms with Gasteiger partial charge in [-0.05, 0) is 120 Å². The highest BCUT2D eigenvalue weighted by Gasteiger charge is 2.30. The van der Waals surface area contributed by atoms with Gasteiger partial charge in [-0.1, -0.05) is 198 Å². The predicted molar refractivity (Wildman–Crippen MR) is 288 cm³/mol. The van der Waals surface area contributed by atoms with Crippen LogP contribution in [0.15, 0.2) is 170 Å². The Morgan fingerprint density at radius 2 is 1.03 bits per heavy atom. The number of phenolic OH excluding ortho intramolecular Hbond substituents is 1. The Labute approximate surface area is 417 Å². The Balaban J connectivity index is 1.34. The Bertz CT molecular complexity index is 3610. The maximum Gasteiger partial charge on any atom is 0.149 e. The van der Waals surface area contributed by atoms with Crippen LogP contribution in [0.5, 0.6) is 5.75 Å². The molecule has 0 unspecified atom stereocenters. The van der Waals surface area contributed by atoms with Gasteiger partial charge in [-0.25, -0.2) is 4.98 Å². The van der Waals surface area contributed by atoms with Gasteiger partial charge >= 0.3 is 0 Å². The number of benzene rings is 7. The summed E-state index contributed by atoms with van der Waals surface area (Å²) in [4.78, 5) is 10.5. The summed E-state index contributed by atoms with van der Waals surface area (Å²) >= 11 is 0. The smallest absolute Gasteiger partial charge is 0.149 e. The standard InChI is InChI=1S/C64H65N3O/c1-61(2,3)48-30-31-56(52(38-48)44-22-17-14-18-23-44)67-57-25-19-24-51(58(57)66-60(67)53-39-50(63(7,8)9)40-54(59(53)68)64(10,11)12)46-34-47(36-49(35-46)62(4,5)6)55-37-45(32-33-65-55)43-28-26-42(27-29-43)41-20-15-13-16-21-41/h13-40,68H,1-12H3/i1D3,2D3,3D3. The highest BCUT2D eigenvalue weighted by molar-refractivity contribution is 5.98. The second kappa shape index (κ2) is 17.2. The van der Waals surface area contributed by atoms with Crippen molar-refractivity contribution in [1.29, 1.82) is 0 Å². The van der Waals surface area contributed by atoms with Crippen LogP contribution >= 0.6 is 0 Å². The SMILES string of the molecule is [2H]C([2H])([2H])C(c1ccc(-n2c(-c3cc(C(C)(C)C)cc(C(C)(C)C)c3O)nc3c(-c4cc(-c5cc(-c6ccc(-c7ccccc7)cc6)ccn5)cc(C(C)(C)C)c4)cccc32)c(-c2ccccc2)c1)(C([2H])([2H])[2H])C([2H])([2H])[2H]. The summed E-state index contributed by atoms with van der Waals surface area (Å²) in [6.45, 7) is 8.53. The minimum Gasteiger partial charge on any atom is -0.507 e. The fourth-order valence-corrected chi connectivity index (χ4v) is 9.00. The third-order valence-electron chi connectivity index (χ3n) is 13.0. The molecule has 9 aromatic rings. The minimum atomic E-state index is -3.49. The van der Waals surface area contributed by atoms with Crippen LogP contribution in [0.25, 0.3) is 83.9 Å². The zero-order valence-corrected chi connectivity index (χ0v) is 40.5. The summed E-state index contributed by atoms with van der Waals surface area (Å²) in [5.41, 5.74) is 8.62. The maximum atomic E-state index is 12.7. The van der Waals surface area contributed by atoms with E-state index in [0.717, 1.165) is 55.8 Å². The lowest BCUT2D eigenvalue weighted by Crippen LogP contribution is -2.17. The van der Waals surface area contributed by atoms with E-state index in [1.807, 2.05) is 116 Å². The van der Waals surface area contributed by atoms with Crippen LogP contribution in [0.1, 0.15) is 117 Å². The van der Waals surface area contributed by atoms with Crippen LogP contribution in [0.3, 0.4) is 0 Å². The van der Waals surface area contributed by atoms with Crippen molar-refractivity contribution in [3.8, 4) is 78.6 Å². The Hall–Kier alpha value is -7.04. The molecule has 4 nitrogen and oxygen atoms in total. The number of aromatic hydroxyl groups is 1. The van der Waals surface area contributed by atoms with E-state index in [2.05, 4.69) is 102 Å². The number of para-hydroxylation sites is 1. The van der Waals surface area contributed by atoms with Gasteiger partial charge in [0.2, 0.25) is 0 Å². The number of aromatic nitrogens is 3. The Morgan fingerprint density at radius 1 is 0.441 bits per heavy atom. The van der Waals surface area contributed by atoms with Crippen molar-refractivity contribution in [2.75, 3.05) is 0 Å². The molecular weight excluding hydrogens is 827 g/mol. The van der Waals surface area contributed by atoms with E-state index in [1.54, 1.807) is 6.07 Å². The molecule has 0 saturated carbocycles. The van der Waals surface area contributed by atoms with Gasteiger partial charge in [0.15, 0.2) is 0 Å². The number of phenols is 1. The molecule has 0 aliphatic carbocycles. The summed E-state index contributed by atoms with van der Waals surface area (Å²) in [7, 11) is 0. The first-order valence-electron chi connectivity index (χ1n) is 27.8. The summed E-state index contributed by atoms with van der Waals surface area (Å²) in [5, 5.41) is 12.7. The number of rotatable bonds is 7. The number of hydrogen-bond donors (Lipinski definition) is 1. The molecule has 4 heteroatoms. The molecule has 342 valence electrons. The third kappa shape index (κ3) is 9.05. The van der Waals surface area contributed by atoms with Crippen molar-refractivity contribution in [1.82, 2.24) is 14.5 Å². The summed E-state index contributed by atoms with van der Waals surface area (Å²) in [6.07, 6.45) is 1.84. The third-order valence-corrected chi connectivity index (χ3v) is 13.0. The second-order valence-corrected chi connectivity index (χ2v) is 21.1. The molecule has 68 heavy (non-hydrogen) atoms. The number of hydrogen-bond acceptors (Lipinski definition) is 3. The molecule has 9 rings (SSSR count). The molecule has 0 saturated heterocycles. The monoisotopic (exact) mass is 901 g/mol. The van der Waals surface area contributed by atoms with Gasteiger partial charge in [0.25, 0.3) is 0 Å². The normalized spacial score (nSPS) is 15.0. The summed E-state index contributed by atoms with van der Waals surface area (Å²) in [5.74, 6) is 0.394. The Morgan fingerprint density at radius 3 is 1.66 bits per heavy atom. The van der Waals surface area contributed by atoms with E-state index in [4.69, 9.17) is 22.3 Å². The molecular formula is C64H65N3O. The van der Waals surface area contributed by atoms with Crippen LogP contribution in [-0.4, -0.2) is 19.6 Å². The summed E-state index contributed by atoms with van der Waals surface area (Å²) in [6, 6.07) is 52.8. The van der Waals surface area contributed by atoms with E-state index in [0.29, 0.717) is 44.8 Å². The molecule has 2 aromatic heterocycles. The molecule has 0 aliphatic rings. The van der Waals surface area contributed by atoms with Crippen molar-refractivity contribution < 1.29 is 17.4 Å². The molecule has 7 aromatic carbocycles. The molecule has 0 radical (unpaired) electrons. The van der Waals surface area contributed by atoms with E-state index in [1.165, 1.54) is 12.1 Å². The lowest BCUT2D eigenvalue weighted by atomic mass is 9.79. The van der Waals surface area contributed by atoms with Crippen LogP contribution in [0.2, 0.25) is 0 Å². The van der Waals surface area contributed by atoms with Crippen molar-refractivity contribution in [3.63, 3.8) is 0 Å². The average molecular weight is 901 g/mol. The highest BCUT2D eigenvalue weighted by atomic mass is 16.3. The number of fused-ring (bicyclic) bond motifs is 1. The Kier molecular flexibility index (Phi) is 9.14. The molecule has 0 spiro atoms. The van der Waals surface area contributed by atoms with Gasteiger partial charge in [-0.3, -0.25) is 9.55 Å². The van der Waals surface area contributed by atoms with Crippen LogP contribution in [0, 0.1) is 0 Å². The van der Waals surface area contributed by atoms with Gasteiger partial charge in [0.05, 0.1) is 28.0 Å². The maximum absolute atomic E-state index is 12.7. The first kappa shape index (κ1) is 36.1. The molecule has 0 fully saturated rings. The van der Waals surface area contributed by atoms with Crippen molar-refractivity contribution in [3.05, 3.63) is 192 Å². The summed E-state index contributed by atoms with van der Waals surface area (Å²) < 4.78 is 79.8. The average Bonchev–Trinajstić information content (AvgIpc) is 3.99. The van der Waals surface area contributed by atoms with Gasteiger partial charge in [-0.2, -0.15) is 0 Å². The van der Waals surface area contributed by atoms with E-state index < -0.39 is 31.4 Å². The van der Waals surface area contributed by atoms with Gasteiger partial charge in [0, 0.05) is 40.8 Å². The number of imidazole rings is 1. The van der Waals surface area contributed by atoms with Crippen LogP contribution < -0.4 is 0 Å². The van der Waals surface area contributed by atoms with E-state index >= 15 is 0 Å². The van der Waals surface area contributed by atoms with E-state index in [9.17, 15) is 5.11 Å². The van der Waals surface area contributed by atoms with Gasteiger partial charge in [0.1, 0.15) is 11.6 Å². The fraction of sp³-hybridized carbons (Fsp3) is 0.250. The molecule has 1 N–H and O–H groups in total. The van der Waals surface area contributed by atoms with E-state index in [-0.39, 0.29) is 22.1 Å². The first-order valence-corrected chi connectivity index (χ1v) is 23.3. The zero-order chi connectivity index (χ0) is 55.8. The lowest BCUT2D eigenvalue weighted by molar-refractivity contribution is 0.446. The predicted octanol–water partition coefficient (Wildman–Crippen LogP) is 17.3. The van der Waals surface area contributed by atoms with Crippen molar-refractivity contribution in [2.45, 2.75) is 105 Å². The lowest BCUT2D eigenvalue weighted by Gasteiger charge is -2.28. The number of pyridine rings is 1.